The number of thiophene rings is 1. The fraction of sp³-hybridized carbons (Fsp3) is 0.412. The quantitative estimate of drug-likeness (QED) is 0.780. The van der Waals surface area contributed by atoms with Gasteiger partial charge in [-0.05, 0) is 61.6 Å². The molecule has 3 rings (SSSR count). The summed E-state index contributed by atoms with van der Waals surface area (Å²) in [6.07, 6.45) is 4.41. The van der Waals surface area contributed by atoms with E-state index in [4.69, 9.17) is 0 Å². The SMILES string of the molecule is CCNC(Cc1ccc(Br)cc1F)c1cc2c(s1)CCC2. The minimum absolute atomic E-state index is 0.128. The molecule has 2 aromatic rings. The van der Waals surface area contributed by atoms with Gasteiger partial charge in [-0.25, -0.2) is 4.39 Å². The molecule has 1 aromatic heterocycles. The molecule has 1 unspecified atom stereocenters. The summed E-state index contributed by atoms with van der Waals surface area (Å²) in [4.78, 5) is 2.88. The Morgan fingerprint density at radius 1 is 1.33 bits per heavy atom. The molecule has 1 N–H and O–H groups in total. The lowest BCUT2D eigenvalue weighted by Crippen LogP contribution is -2.22. The van der Waals surface area contributed by atoms with Gasteiger partial charge in [-0.15, -0.1) is 11.3 Å². The molecule has 112 valence electrons. The van der Waals surface area contributed by atoms with Gasteiger partial charge >= 0.3 is 0 Å². The van der Waals surface area contributed by atoms with Crippen molar-refractivity contribution in [2.24, 2.45) is 0 Å². The zero-order chi connectivity index (χ0) is 14.8. The molecule has 0 bridgehead atoms. The Bertz CT molecular complexity index is 616. The number of hydrogen-bond acceptors (Lipinski definition) is 2. The lowest BCUT2D eigenvalue weighted by Gasteiger charge is -2.17. The Hall–Kier alpha value is -0.710. The van der Waals surface area contributed by atoms with Crippen molar-refractivity contribution in [1.29, 1.82) is 0 Å². The third-order valence-electron chi connectivity index (χ3n) is 4.00. The standard InChI is InChI=1S/C17H19BrFNS/c1-2-20-15(8-11-6-7-13(18)10-14(11)19)17-9-12-4-3-5-16(12)21-17/h6-7,9-10,15,20H,2-5,8H2,1H3. The summed E-state index contributed by atoms with van der Waals surface area (Å²) < 4.78 is 14.9. The minimum Gasteiger partial charge on any atom is -0.309 e. The number of likely N-dealkylation sites (N-methyl/N-ethyl adjacent to an activating group) is 1. The van der Waals surface area contributed by atoms with Crippen LogP contribution in [0, 0.1) is 5.82 Å². The molecule has 1 aliphatic rings. The van der Waals surface area contributed by atoms with Gasteiger partial charge in [0.2, 0.25) is 0 Å². The van der Waals surface area contributed by atoms with E-state index in [0.717, 1.165) is 16.6 Å². The number of halogens is 2. The van der Waals surface area contributed by atoms with Crippen LogP contribution in [0.25, 0.3) is 0 Å². The van der Waals surface area contributed by atoms with E-state index in [1.165, 1.54) is 34.6 Å². The van der Waals surface area contributed by atoms with Crippen molar-refractivity contribution in [3.05, 3.63) is 55.4 Å². The lowest BCUT2D eigenvalue weighted by atomic mass is 10.0. The molecular formula is C17H19BrFNS. The normalized spacial score (nSPS) is 15.2. The Labute approximate surface area is 137 Å². The maximum absolute atomic E-state index is 14.1. The van der Waals surface area contributed by atoms with Crippen LogP contribution in [0.15, 0.2) is 28.7 Å². The molecule has 4 heteroatoms. The van der Waals surface area contributed by atoms with E-state index in [-0.39, 0.29) is 11.9 Å². The van der Waals surface area contributed by atoms with E-state index < -0.39 is 0 Å². The van der Waals surface area contributed by atoms with Crippen LogP contribution in [0.2, 0.25) is 0 Å². The van der Waals surface area contributed by atoms with Crippen molar-refractivity contribution in [2.75, 3.05) is 6.54 Å². The first-order valence-corrected chi connectivity index (χ1v) is 9.07. The average Bonchev–Trinajstić information content (AvgIpc) is 3.02. The Kier molecular flexibility index (Phi) is 4.77. The van der Waals surface area contributed by atoms with Crippen LogP contribution in [0.4, 0.5) is 4.39 Å². The van der Waals surface area contributed by atoms with E-state index in [1.54, 1.807) is 6.07 Å². The fourth-order valence-electron chi connectivity index (χ4n) is 2.95. The van der Waals surface area contributed by atoms with E-state index >= 15 is 0 Å². The minimum atomic E-state index is -0.128. The van der Waals surface area contributed by atoms with Crippen molar-refractivity contribution < 1.29 is 4.39 Å². The highest BCUT2D eigenvalue weighted by molar-refractivity contribution is 9.10. The van der Waals surface area contributed by atoms with Gasteiger partial charge in [-0.1, -0.05) is 28.9 Å². The topological polar surface area (TPSA) is 12.0 Å². The van der Waals surface area contributed by atoms with Crippen LogP contribution in [0.1, 0.15) is 40.3 Å². The molecule has 0 saturated carbocycles. The van der Waals surface area contributed by atoms with Gasteiger partial charge in [0.15, 0.2) is 0 Å². The van der Waals surface area contributed by atoms with Gasteiger partial charge in [0.1, 0.15) is 5.82 Å². The lowest BCUT2D eigenvalue weighted by molar-refractivity contribution is 0.533. The summed E-state index contributed by atoms with van der Waals surface area (Å²) in [5.41, 5.74) is 2.28. The van der Waals surface area contributed by atoms with Gasteiger partial charge in [-0.3, -0.25) is 0 Å². The van der Waals surface area contributed by atoms with E-state index in [1.807, 2.05) is 23.5 Å². The molecule has 0 fully saturated rings. The Balaban J connectivity index is 1.83. The number of nitrogens with one attached hydrogen (secondary N) is 1. The molecule has 1 atom stereocenters. The molecule has 1 nitrogen and oxygen atoms in total. The predicted octanol–water partition coefficient (Wildman–Crippen LogP) is 5.03. The van der Waals surface area contributed by atoms with Crippen molar-refractivity contribution in [1.82, 2.24) is 5.32 Å². The van der Waals surface area contributed by atoms with Crippen LogP contribution >= 0.6 is 27.3 Å². The first kappa shape index (κ1) is 15.2. The molecule has 1 heterocycles. The summed E-state index contributed by atoms with van der Waals surface area (Å²) in [6, 6.07) is 7.88. The second-order valence-electron chi connectivity index (χ2n) is 5.50. The molecule has 1 aliphatic carbocycles. The molecule has 1 aromatic carbocycles. The summed E-state index contributed by atoms with van der Waals surface area (Å²) in [6.45, 7) is 3.00. The van der Waals surface area contributed by atoms with Crippen LogP contribution < -0.4 is 5.32 Å². The second-order valence-corrected chi connectivity index (χ2v) is 7.58. The van der Waals surface area contributed by atoms with Crippen molar-refractivity contribution >= 4 is 27.3 Å². The monoisotopic (exact) mass is 367 g/mol. The highest BCUT2D eigenvalue weighted by Crippen LogP contribution is 2.35. The third kappa shape index (κ3) is 3.38. The molecule has 0 aliphatic heterocycles. The van der Waals surface area contributed by atoms with Crippen LogP contribution in [0.3, 0.4) is 0 Å². The number of rotatable bonds is 5. The van der Waals surface area contributed by atoms with Crippen molar-refractivity contribution in [2.45, 2.75) is 38.6 Å². The molecule has 0 amide bonds. The summed E-state index contributed by atoms with van der Waals surface area (Å²) in [5, 5.41) is 3.51. The molecule has 0 saturated heterocycles. The molecule has 0 radical (unpaired) electrons. The van der Waals surface area contributed by atoms with Gasteiger partial charge in [0.25, 0.3) is 0 Å². The fourth-order valence-corrected chi connectivity index (χ4v) is 4.62. The molecule has 21 heavy (non-hydrogen) atoms. The van der Waals surface area contributed by atoms with Gasteiger partial charge < -0.3 is 5.32 Å². The van der Waals surface area contributed by atoms with E-state index in [2.05, 4.69) is 34.2 Å². The van der Waals surface area contributed by atoms with Crippen LogP contribution in [0.5, 0.6) is 0 Å². The smallest absolute Gasteiger partial charge is 0.127 e. The summed E-state index contributed by atoms with van der Waals surface area (Å²) in [7, 11) is 0. The number of hydrogen-bond donors (Lipinski definition) is 1. The summed E-state index contributed by atoms with van der Waals surface area (Å²) >= 11 is 5.22. The van der Waals surface area contributed by atoms with E-state index in [9.17, 15) is 4.39 Å². The van der Waals surface area contributed by atoms with Crippen molar-refractivity contribution in [3.8, 4) is 0 Å². The largest absolute Gasteiger partial charge is 0.309 e. The first-order valence-electron chi connectivity index (χ1n) is 7.46. The first-order chi connectivity index (χ1) is 10.2. The zero-order valence-electron chi connectivity index (χ0n) is 12.1. The number of aryl methyl sites for hydroxylation is 2. The highest BCUT2D eigenvalue weighted by Gasteiger charge is 2.21. The summed E-state index contributed by atoms with van der Waals surface area (Å²) in [5.74, 6) is -0.128. The third-order valence-corrected chi connectivity index (χ3v) is 5.84. The predicted molar refractivity (Wildman–Crippen MR) is 90.6 cm³/mol. The molecular weight excluding hydrogens is 349 g/mol. The Morgan fingerprint density at radius 2 is 2.19 bits per heavy atom. The van der Waals surface area contributed by atoms with Gasteiger partial charge in [-0.2, -0.15) is 0 Å². The van der Waals surface area contributed by atoms with E-state index in [0.29, 0.717) is 6.42 Å². The number of benzene rings is 1. The second kappa shape index (κ2) is 6.59. The zero-order valence-corrected chi connectivity index (χ0v) is 14.5. The van der Waals surface area contributed by atoms with Crippen molar-refractivity contribution in [3.63, 3.8) is 0 Å². The highest BCUT2D eigenvalue weighted by atomic mass is 79.9. The maximum atomic E-state index is 14.1. The average molecular weight is 368 g/mol. The Morgan fingerprint density at radius 3 is 2.90 bits per heavy atom. The number of fused-ring (bicyclic) bond motifs is 1. The van der Waals surface area contributed by atoms with Crippen LogP contribution in [-0.2, 0) is 19.3 Å². The van der Waals surface area contributed by atoms with Gasteiger partial charge in [0, 0.05) is 20.3 Å². The maximum Gasteiger partial charge on any atom is 0.127 e. The van der Waals surface area contributed by atoms with Crippen LogP contribution in [-0.4, -0.2) is 6.54 Å². The molecule has 0 spiro atoms. The van der Waals surface area contributed by atoms with Gasteiger partial charge in [0.05, 0.1) is 0 Å².